The minimum atomic E-state index is 0.204. The van der Waals surface area contributed by atoms with Gasteiger partial charge in [0.05, 0.1) is 0 Å². The monoisotopic (exact) mass is 236 g/mol. The second kappa shape index (κ2) is 6.80. The molecule has 3 nitrogen and oxygen atoms in total. The van der Waals surface area contributed by atoms with Crippen LogP contribution in [0.4, 0.5) is 0 Å². The van der Waals surface area contributed by atoms with Crippen molar-refractivity contribution in [2.24, 2.45) is 0 Å². The number of allylic oxidation sites excluding steroid dienone is 1. The molecule has 0 radical (unpaired) electrons. The molecule has 2 N–H and O–H groups in total. The molecule has 0 aromatic carbocycles. The van der Waals surface area contributed by atoms with Crippen LogP contribution in [0.1, 0.15) is 51.4 Å². The van der Waals surface area contributed by atoms with E-state index in [0.29, 0.717) is 18.5 Å². The highest BCUT2D eigenvalue weighted by molar-refractivity contribution is 5.76. The molecule has 2 aliphatic carbocycles. The summed E-state index contributed by atoms with van der Waals surface area (Å²) in [5.74, 6) is 0.204. The minimum absolute atomic E-state index is 0.204. The number of carbonyl (C=O) groups excluding carboxylic acids is 1. The third kappa shape index (κ3) is 5.35. The lowest BCUT2D eigenvalue weighted by molar-refractivity contribution is -0.121. The van der Waals surface area contributed by atoms with E-state index in [-0.39, 0.29) is 5.91 Å². The molecule has 0 saturated heterocycles. The van der Waals surface area contributed by atoms with E-state index in [4.69, 9.17) is 0 Å². The van der Waals surface area contributed by atoms with Crippen molar-refractivity contribution in [3.8, 4) is 0 Å². The molecule has 0 aromatic heterocycles. The molecule has 2 rings (SSSR count). The summed E-state index contributed by atoms with van der Waals surface area (Å²) in [6.07, 6.45) is 13.9. The summed E-state index contributed by atoms with van der Waals surface area (Å²) in [5, 5.41) is 6.48. The molecule has 0 aliphatic heterocycles. The van der Waals surface area contributed by atoms with Gasteiger partial charge in [-0.25, -0.2) is 0 Å². The van der Waals surface area contributed by atoms with Gasteiger partial charge in [0.15, 0.2) is 0 Å². The summed E-state index contributed by atoms with van der Waals surface area (Å²) in [4.78, 5) is 11.5. The van der Waals surface area contributed by atoms with E-state index in [1.54, 1.807) is 0 Å². The predicted molar refractivity (Wildman–Crippen MR) is 69.8 cm³/mol. The number of carbonyl (C=O) groups is 1. The van der Waals surface area contributed by atoms with Gasteiger partial charge in [-0.05, 0) is 32.1 Å². The van der Waals surface area contributed by atoms with E-state index in [2.05, 4.69) is 22.8 Å². The van der Waals surface area contributed by atoms with Crippen molar-refractivity contribution in [1.29, 1.82) is 0 Å². The van der Waals surface area contributed by atoms with Crippen molar-refractivity contribution in [1.82, 2.24) is 10.6 Å². The third-order valence-electron chi connectivity index (χ3n) is 3.46. The lowest BCUT2D eigenvalue weighted by Gasteiger charge is -2.16. The smallest absolute Gasteiger partial charge is 0.221 e. The Morgan fingerprint density at radius 2 is 2.06 bits per heavy atom. The van der Waals surface area contributed by atoms with Crippen molar-refractivity contribution in [3.63, 3.8) is 0 Å². The zero-order valence-corrected chi connectivity index (χ0v) is 10.6. The Bertz CT molecular complexity index is 271. The summed E-state index contributed by atoms with van der Waals surface area (Å²) < 4.78 is 0. The van der Waals surface area contributed by atoms with Crippen LogP contribution in [0, 0.1) is 0 Å². The van der Waals surface area contributed by atoms with Crippen molar-refractivity contribution >= 4 is 5.91 Å². The molecule has 17 heavy (non-hydrogen) atoms. The van der Waals surface area contributed by atoms with E-state index < -0.39 is 0 Å². The Hall–Kier alpha value is -0.830. The molecule has 3 heteroatoms. The maximum absolute atomic E-state index is 11.5. The van der Waals surface area contributed by atoms with E-state index in [9.17, 15) is 4.79 Å². The molecule has 1 saturated carbocycles. The van der Waals surface area contributed by atoms with E-state index in [0.717, 1.165) is 6.54 Å². The summed E-state index contributed by atoms with van der Waals surface area (Å²) in [5.41, 5.74) is 0. The Morgan fingerprint density at radius 3 is 2.88 bits per heavy atom. The molecule has 0 heterocycles. The summed E-state index contributed by atoms with van der Waals surface area (Å²) in [6.45, 7) is 0.799. The van der Waals surface area contributed by atoms with Crippen LogP contribution in [-0.2, 0) is 4.79 Å². The number of nitrogens with one attached hydrogen (secondary N) is 2. The predicted octanol–water partition coefficient (Wildman–Crippen LogP) is 2.13. The van der Waals surface area contributed by atoms with Gasteiger partial charge in [-0.2, -0.15) is 0 Å². The van der Waals surface area contributed by atoms with Crippen molar-refractivity contribution in [2.75, 3.05) is 6.54 Å². The first kappa shape index (κ1) is 12.6. The number of hydrogen-bond acceptors (Lipinski definition) is 2. The van der Waals surface area contributed by atoms with Gasteiger partial charge in [0, 0.05) is 25.0 Å². The summed E-state index contributed by atoms with van der Waals surface area (Å²) in [6, 6.07) is 0.966. The zero-order chi connectivity index (χ0) is 11.9. The normalized spacial score (nSPS) is 26.9. The SMILES string of the molecule is O=C(CCNC1/C=C/CCCCC1)NC1CC1. The second-order valence-electron chi connectivity index (χ2n) is 5.22. The lowest BCUT2D eigenvalue weighted by atomic mass is 10.0. The number of hydrogen-bond donors (Lipinski definition) is 2. The van der Waals surface area contributed by atoms with E-state index in [1.165, 1.54) is 44.9 Å². The Kier molecular flexibility index (Phi) is 5.05. The van der Waals surface area contributed by atoms with Gasteiger partial charge in [-0.15, -0.1) is 0 Å². The van der Waals surface area contributed by atoms with Crippen molar-refractivity contribution in [3.05, 3.63) is 12.2 Å². The Morgan fingerprint density at radius 1 is 1.18 bits per heavy atom. The topological polar surface area (TPSA) is 41.1 Å². The van der Waals surface area contributed by atoms with Gasteiger partial charge in [-0.3, -0.25) is 4.79 Å². The van der Waals surface area contributed by atoms with Crippen molar-refractivity contribution in [2.45, 2.75) is 63.5 Å². The third-order valence-corrected chi connectivity index (χ3v) is 3.46. The highest BCUT2D eigenvalue weighted by Gasteiger charge is 2.22. The standard InChI is InChI=1S/C14H24N2O/c17-14(16-13-8-9-13)10-11-15-12-6-4-2-1-3-5-7-12/h4,6,12-13,15H,1-3,5,7-11H2,(H,16,17)/b6-4+. The molecule has 1 amide bonds. The molecule has 1 fully saturated rings. The van der Waals surface area contributed by atoms with Gasteiger partial charge in [0.1, 0.15) is 0 Å². The lowest BCUT2D eigenvalue weighted by Crippen LogP contribution is -2.33. The van der Waals surface area contributed by atoms with Gasteiger partial charge < -0.3 is 10.6 Å². The van der Waals surface area contributed by atoms with Gasteiger partial charge >= 0.3 is 0 Å². The van der Waals surface area contributed by atoms with Crippen LogP contribution in [0.5, 0.6) is 0 Å². The van der Waals surface area contributed by atoms with Crippen LogP contribution in [0.2, 0.25) is 0 Å². The minimum Gasteiger partial charge on any atom is -0.353 e. The molecule has 2 aliphatic rings. The van der Waals surface area contributed by atoms with E-state index >= 15 is 0 Å². The molecular weight excluding hydrogens is 212 g/mol. The first-order valence-corrected chi connectivity index (χ1v) is 7.04. The first-order valence-electron chi connectivity index (χ1n) is 7.04. The number of rotatable bonds is 5. The largest absolute Gasteiger partial charge is 0.353 e. The van der Waals surface area contributed by atoms with Crippen LogP contribution in [-0.4, -0.2) is 24.5 Å². The summed E-state index contributed by atoms with van der Waals surface area (Å²) in [7, 11) is 0. The van der Waals surface area contributed by atoms with Crippen molar-refractivity contribution < 1.29 is 4.79 Å². The highest BCUT2D eigenvalue weighted by Crippen LogP contribution is 2.18. The summed E-state index contributed by atoms with van der Waals surface area (Å²) >= 11 is 0. The average molecular weight is 236 g/mol. The molecular formula is C14H24N2O. The van der Waals surface area contributed by atoms with Gasteiger partial charge in [0.2, 0.25) is 5.91 Å². The molecule has 96 valence electrons. The Labute approximate surface area is 104 Å². The molecule has 0 spiro atoms. The quantitative estimate of drug-likeness (QED) is 0.718. The maximum Gasteiger partial charge on any atom is 0.221 e. The second-order valence-corrected chi connectivity index (χ2v) is 5.22. The fourth-order valence-electron chi connectivity index (χ4n) is 2.23. The fraction of sp³-hybridized carbons (Fsp3) is 0.786. The van der Waals surface area contributed by atoms with Gasteiger partial charge in [0.25, 0.3) is 0 Å². The first-order chi connectivity index (χ1) is 8.34. The zero-order valence-electron chi connectivity index (χ0n) is 10.6. The highest BCUT2D eigenvalue weighted by atomic mass is 16.1. The molecule has 0 aromatic rings. The van der Waals surface area contributed by atoms with Crippen LogP contribution in [0.15, 0.2) is 12.2 Å². The fourth-order valence-corrected chi connectivity index (χ4v) is 2.23. The van der Waals surface area contributed by atoms with Crippen LogP contribution in [0.25, 0.3) is 0 Å². The average Bonchev–Trinajstić information content (AvgIpc) is 3.04. The molecule has 1 atom stereocenters. The number of amides is 1. The van der Waals surface area contributed by atoms with Crippen LogP contribution >= 0.6 is 0 Å². The maximum atomic E-state index is 11.5. The van der Waals surface area contributed by atoms with E-state index in [1.807, 2.05) is 0 Å². The Balaban J connectivity index is 1.58. The van der Waals surface area contributed by atoms with Gasteiger partial charge in [-0.1, -0.05) is 25.0 Å². The van der Waals surface area contributed by atoms with Crippen LogP contribution < -0.4 is 10.6 Å². The molecule has 1 unspecified atom stereocenters. The van der Waals surface area contributed by atoms with Crippen LogP contribution in [0.3, 0.4) is 0 Å². The molecule has 0 bridgehead atoms.